The Morgan fingerprint density at radius 3 is 2.31 bits per heavy atom. The number of benzene rings is 1. The second-order valence-electron chi connectivity index (χ2n) is 6.32. The minimum Gasteiger partial charge on any atom is -0.493 e. The number of ether oxygens (including phenoxy) is 3. The first-order valence-electron chi connectivity index (χ1n) is 9.19. The molecule has 152 valence electrons. The van der Waals surface area contributed by atoms with Crippen molar-refractivity contribution in [1.29, 1.82) is 0 Å². The number of methoxy groups -OCH3 is 2. The predicted octanol–water partition coefficient (Wildman–Crippen LogP) is 4.34. The quantitative estimate of drug-likeness (QED) is 0.147. The van der Waals surface area contributed by atoms with Gasteiger partial charge in [0.25, 0.3) is 0 Å². The van der Waals surface area contributed by atoms with Gasteiger partial charge in [0.2, 0.25) is 0 Å². The molecule has 0 aliphatic rings. The minimum atomic E-state index is -0.567. The molecule has 0 radical (unpaired) electrons. The van der Waals surface area contributed by atoms with Gasteiger partial charge in [0.15, 0.2) is 5.69 Å². The lowest BCUT2D eigenvalue weighted by molar-refractivity contribution is 0.0585. The van der Waals surface area contributed by atoms with E-state index < -0.39 is 11.9 Å². The van der Waals surface area contributed by atoms with Gasteiger partial charge >= 0.3 is 11.9 Å². The molecule has 0 fully saturated rings. The lowest BCUT2D eigenvalue weighted by Gasteiger charge is -2.12. The molecule has 3 rings (SSSR count). The summed E-state index contributed by atoms with van der Waals surface area (Å²) >= 11 is 2.36. The van der Waals surface area contributed by atoms with Gasteiger partial charge in [-0.2, -0.15) is 0 Å². The summed E-state index contributed by atoms with van der Waals surface area (Å²) in [7, 11) is 2.60. The van der Waals surface area contributed by atoms with Crippen molar-refractivity contribution in [3.05, 3.63) is 41.7 Å². The molecule has 0 saturated heterocycles. The summed E-state index contributed by atoms with van der Waals surface area (Å²) in [5, 5.41) is 1.50. The van der Waals surface area contributed by atoms with E-state index in [9.17, 15) is 9.59 Å². The molecule has 0 saturated carbocycles. The maximum absolute atomic E-state index is 12.1. The average molecular weight is 508 g/mol. The van der Waals surface area contributed by atoms with E-state index in [2.05, 4.69) is 32.6 Å². The zero-order chi connectivity index (χ0) is 20.8. The normalized spacial score (nSPS) is 10.9. The summed E-state index contributed by atoms with van der Waals surface area (Å²) in [6.07, 6.45) is 3.13. The van der Waals surface area contributed by atoms with Gasteiger partial charge in [-0.05, 0) is 35.8 Å². The molecule has 29 heavy (non-hydrogen) atoms. The van der Waals surface area contributed by atoms with Crippen LogP contribution in [0.2, 0.25) is 0 Å². The molecular formula is C21H21IN2O5. The number of esters is 2. The molecule has 0 bridgehead atoms. The summed E-state index contributed by atoms with van der Waals surface area (Å²) in [4.78, 5) is 32.9. The van der Waals surface area contributed by atoms with Gasteiger partial charge in [-0.25, -0.2) is 19.6 Å². The summed E-state index contributed by atoms with van der Waals surface area (Å²) < 4.78 is 16.7. The third kappa shape index (κ3) is 4.75. The molecule has 0 spiro atoms. The van der Waals surface area contributed by atoms with Crippen molar-refractivity contribution in [3.63, 3.8) is 0 Å². The summed E-state index contributed by atoms with van der Waals surface area (Å²) in [6, 6.07) is 8.71. The van der Waals surface area contributed by atoms with Gasteiger partial charge in [0.05, 0.1) is 26.3 Å². The molecule has 0 unspecified atom stereocenters. The Bertz CT molecular complexity index is 1050. The van der Waals surface area contributed by atoms with Crippen LogP contribution >= 0.6 is 22.6 Å². The molecule has 2 heterocycles. The molecule has 1 aromatic carbocycles. The largest absolute Gasteiger partial charge is 0.493 e. The third-order valence-corrected chi connectivity index (χ3v) is 5.19. The van der Waals surface area contributed by atoms with Gasteiger partial charge in [-0.1, -0.05) is 34.7 Å². The van der Waals surface area contributed by atoms with Gasteiger partial charge in [-0.15, -0.1) is 0 Å². The predicted molar refractivity (Wildman–Crippen MR) is 118 cm³/mol. The Kier molecular flexibility index (Phi) is 7.18. The van der Waals surface area contributed by atoms with Crippen LogP contribution in [0.1, 0.15) is 40.2 Å². The minimum absolute atomic E-state index is 0.125. The monoisotopic (exact) mass is 508 g/mol. The topological polar surface area (TPSA) is 87.6 Å². The van der Waals surface area contributed by atoms with E-state index >= 15 is 0 Å². The Labute approximate surface area is 181 Å². The van der Waals surface area contributed by atoms with E-state index in [-0.39, 0.29) is 11.4 Å². The van der Waals surface area contributed by atoms with Crippen LogP contribution in [0.25, 0.3) is 21.8 Å². The number of alkyl halides is 1. The highest BCUT2D eigenvalue weighted by molar-refractivity contribution is 14.1. The Morgan fingerprint density at radius 2 is 1.59 bits per heavy atom. The summed E-state index contributed by atoms with van der Waals surface area (Å²) in [5.41, 5.74) is 1.25. The number of fused-ring (bicyclic) bond motifs is 3. The first-order valence-corrected chi connectivity index (χ1v) is 10.7. The van der Waals surface area contributed by atoms with Gasteiger partial charge < -0.3 is 14.2 Å². The van der Waals surface area contributed by atoms with Crippen LogP contribution < -0.4 is 4.74 Å². The Hall–Kier alpha value is -2.49. The van der Waals surface area contributed by atoms with E-state index in [4.69, 9.17) is 14.2 Å². The van der Waals surface area contributed by atoms with Crippen LogP contribution in [-0.2, 0) is 9.47 Å². The van der Waals surface area contributed by atoms with Gasteiger partial charge in [0.1, 0.15) is 17.0 Å². The van der Waals surface area contributed by atoms with Gasteiger partial charge in [-0.3, -0.25) is 0 Å². The molecule has 0 aliphatic carbocycles. The Morgan fingerprint density at radius 1 is 0.897 bits per heavy atom. The molecule has 8 heteroatoms. The van der Waals surface area contributed by atoms with Crippen molar-refractivity contribution in [1.82, 2.24) is 9.97 Å². The lowest BCUT2D eigenvalue weighted by Crippen LogP contribution is -2.08. The number of halogens is 1. The number of pyridine rings is 2. The van der Waals surface area contributed by atoms with E-state index in [1.165, 1.54) is 14.2 Å². The van der Waals surface area contributed by atoms with Crippen LogP contribution in [0.4, 0.5) is 0 Å². The number of hydrogen-bond donors (Lipinski definition) is 0. The van der Waals surface area contributed by atoms with Crippen molar-refractivity contribution >= 4 is 56.3 Å². The number of unbranched alkanes of at least 4 members (excludes halogenated alkanes) is 2. The van der Waals surface area contributed by atoms with E-state index in [1.54, 1.807) is 18.2 Å². The van der Waals surface area contributed by atoms with Crippen LogP contribution in [0.5, 0.6) is 5.75 Å². The third-order valence-electron chi connectivity index (χ3n) is 4.43. The van der Waals surface area contributed by atoms with Crippen LogP contribution in [-0.4, -0.2) is 47.2 Å². The maximum atomic E-state index is 12.1. The molecule has 0 atom stereocenters. The molecule has 0 N–H and O–H groups in total. The second kappa shape index (κ2) is 9.82. The highest BCUT2D eigenvalue weighted by Gasteiger charge is 2.17. The molecule has 0 aliphatic heterocycles. The SMILES string of the molecule is COC(=O)c1ccc2ccc3c(OCCCCCI)cc(C(=O)OC)nc3c2n1. The van der Waals surface area contributed by atoms with E-state index in [1.807, 2.05) is 12.1 Å². The first-order chi connectivity index (χ1) is 14.1. The van der Waals surface area contributed by atoms with Crippen molar-refractivity contribution in [2.24, 2.45) is 0 Å². The zero-order valence-corrected chi connectivity index (χ0v) is 18.4. The molecule has 0 amide bonds. The second-order valence-corrected chi connectivity index (χ2v) is 7.40. The molecule has 2 aromatic heterocycles. The molecule has 7 nitrogen and oxygen atoms in total. The van der Waals surface area contributed by atoms with Crippen LogP contribution in [0, 0.1) is 0 Å². The number of aromatic nitrogens is 2. The summed E-state index contributed by atoms with van der Waals surface area (Å²) in [5.74, 6) is -0.570. The zero-order valence-electron chi connectivity index (χ0n) is 16.2. The number of nitrogens with zero attached hydrogens (tertiary/aromatic N) is 2. The average Bonchev–Trinajstić information content (AvgIpc) is 2.76. The smallest absolute Gasteiger partial charge is 0.356 e. The number of rotatable bonds is 8. The fourth-order valence-corrected chi connectivity index (χ4v) is 3.48. The fraction of sp³-hybridized carbons (Fsp3) is 0.333. The molecular weight excluding hydrogens is 487 g/mol. The lowest BCUT2D eigenvalue weighted by atomic mass is 10.1. The Balaban J connectivity index is 2.12. The number of carbonyl (C=O) groups is 2. The van der Waals surface area contributed by atoms with E-state index in [0.717, 1.165) is 29.1 Å². The highest BCUT2D eigenvalue weighted by atomic mass is 127. The number of carbonyl (C=O) groups excluding carboxylic acids is 2. The fourth-order valence-electron chi connectivity index (χ4n) is 2.94. The van der Waals surface area contributed by atoms with Crippen molar-refractivity contribution in [3.8, 4) is 5.75 Å². The van der Waals surface area contributed by atoms with Crippen LogP contribution in [0.15, 0.2) is 30.3 Å². The molecule has 3 aromatic rings. The van der Waals surface area contributed by atoms with Crippen molar-refractivity contribution in [2.75, 3.05) is 25.3 Å². The maximum Gasteiger partial charge on any atom is 0.356 e. The summed E-state index contributed by atoms with van der Waals surface area (Å²) in [6.45, 7) is 0.532. The van der Waals surface area contributed by atoms with E-state index in [0.29, 0.717) is 28.8 Å². The highest BCUT2D eigenvalue weighted by Crippen LogP contribution is 2.31. The van der Waals surface area contributed by atoms with Crippen molar-refractivity contribution < 1.29 is 23.8 Å². The standard InChI is InChI=1S/C21H21IN2O5/c1-27-20(25)15-9-7-13-6-8-14-17(29-11-5-3-4-10-22)12-16(21(26)28-2)24-19(14)18(13)23-15/h6-9,12H,3-5,10-11H2,1-2H3. The van der Waals surface area contributed by atoms with Crippen LogP contribution in [0.3, 0.4) is 0 Å². The first kappa shape index (κ1) is 21.2. The van der Waals surface area contributed by atoms with Gasteiger partial charge in [0, 0.05) is 16.8 Å². The number of hydrogen-bond acceptors (Lipinski definition) is 7. The van der Waals surface area contributed by atoms with Crippen molar-refractivity contribution in [2.45, 2.75) is 19.3 Å².